The molecule has 3 nitrogen and oxygen atoms in total. The highest BCUT2D eigenvalue weighted by Gasteiger charge is 2.40. The first-order valence-corrected chi connectivity index (χ1v) is 8.84. The van der Waals surface area contributed by atoms with Crippen molar-refractivity contribution in [2.45, 2.75) is 25.3 Å². The number of carbonyl (C=O) groups is 1. The van der Waals surface area contributed by atoms with E-state index >= 15 is 0 Å². The van der Waals surface area contributed by atoms with E-state index in [2.05, 4.69) is 43.0 Å². The highest BCUT2D eigenvalue weighted by Crippen LogP contribution is 2.41. The second-order valence-electron chi connectivity index (χ2n) is 7.72. The van der Waals surface area contributed by atoms with Gasteiger partial charge in [-0.05, 0) is 35.4 Å². The molecule has 2 aliphatic heterocycles. The van der Waals surface area contributed by atoms with E-state index in [1.165, 1.54) is 23.3 Å². The molecule has 0 aliphatic carbocycles. The average molecular weight is 338 g/mol. The van der Waals surface area contributed by atoms with E-state index in [0.29, 0.717) is 18.7 Å². The number of rotatable bonds is 1. The molecule has 2 aromatic rings. The lowest BCUT2D eigenvalue weighted by Gasteiger charge is -2.50. The van der Waals surface area contributed by atoms with Gasteiger partial charge in [0, 0.05) is 37.2 Å². The zero-order valence-electron chi connectivity index (χ0n) is 14.7. The number of nitrogens with zero attached hydrogens (tertiary/aromatic N) is 2. The standard InChI is InChI=1S/C21H23FN2O/c1-21(2)14-24-12-11-23(20(25)15-7-9-16(22)10-8-15)13-19(24)17-5-3-4-6-18(17)21/h3-10,19H,11-14H2,1-2H3. The third kappa shape index (κ3) is 2.85. The van der Waals surface area contributed by atoms with Crippen LogP contribution in [-0.4, -0.2) is 41.9 Å². The summed E-state index contributed by atoms with van der Waals surface area (Å²) < 4.78 is 13.1. The van der Waals surface area contributed by atoms with Crippen LogP contribution >= 0.6 is 0 Å². The van der Waals surface area contributed by atoms with Gasteiger partial charge in [0.15, 0.2) is 0 Å². The van der Waals surface area contributed by atoms with Crippen LogP contribution in [0.15, 0.2) is 48.5 Å². The van der Waals surface area contributed by atoms with E-state index in [9.17, 15) is 9.18 Å². The van der Waals surface area contributed by atoms with Gasteiger partial charge in [-0.25, -0.2) is 4.39 Å². The molecule has 4 heteroatoms. The van der Waals surface area contributed by atoms with Gasteiger partial charge in [-0.1, -0.05) is 38.1 Å². The van der Waals surface area contributed by atoms with Crippen molar-refractivity contribution in [2.75, 3.05) is 26.2 Å². The van der Waals surface area contributed by atoms with Crippen LogP contribution in [0.3, 0.4) is 0 Å². The summed E-state index contributed by atoms with van der Waals surface area (Å²) in [6.07, 6.45) is 0. The van der Waals surface area contributed by atoms with E-state index in [4.69, 9.17) is 0 Å². The van der Waals surface area contributed by atoms with Crippen molar-refractivity contribution in [2.24, 2.45) is 0 Å². The molecule has 1 amide bonds. The van der Waals surface area contributed by atoms with E-state index in [0.717, 1.165) is 13.1 Å². The highest BCUT2D eigenvalue weighted by molar-refractivity contribution is 5.94. The lowest BCUT2D eigenvalue weighted by Crippen LogP contribution is -2.55. The van der Waals surface area contributed by atoms with Crippen molar-refractivity contribution in [1.82, 2.24) is 9.80 Å². The van der Waals surface area contributed by atoms with Crippen LogP contribution < -0.4 is 0 Å². The first kappa shape index (κ1) is 16.3. The number of piperazine rings is 1. The van der Waals surface area contributed by atoms with Crippen LogP contribution in [0.25, 0.3) is 0 Å². The zero-order chi connectivity index (χ0) is 17.6. The van der Waals surface area contributed by atoms with Crippen LogP contribution in [0.4, 0.5) is 4.39 Å². The molecule has 1 atom stereocenters. The van der Waals surface area contributed by atoms with Crippen molar-refractivity contribution in [1.29, 1.82) is 0 Å². The Morgan fingerprint density at radius 2 is 1.80 bits per heavy atom. The second kappa shape index (κ2) is 5.95. The molecule has 0 aromatic heterocycles. The molecule has 1 saturated heterocycles. The number of hydrogen-bond donors (Lipinski definition) is 0. The van der Waals surface area contributed by atoms with Gasteiger partial charge >= 0.3 is 0 Å². The molecule has 0 saturated carbocycles. The van der Waals surface area contributed by atoms with Crippen LogP contribution in [0, 0.1) is 5.82 Å². The zero-order valence-corrected chi connectivity index (χ0v) is 14.7. The highest BCUT2D eigenvalue weighted by atomic mass is 19.1. The molecule has 130 valence electrons. The Morgan fingerprint density at radius 1 is 1.08 bits per heavy atom. The summed E-state index contributed by atoms with van der Waals surface area (Å²) in [7, 11) is 0. The first-order valence-electron chi connectivity index (χ1n) is 8.84. The molecular weight excluding hydrogens is 315 g/mol. The summed E-state index contributed by atoms with van der Waals surface area (Å²) in [6, 6.07) is 14.7. The van der Waals surface area contributed by atoms with Gasteiger partial charge in [0.2, 0.25) is 0 Å². The molecule has 2 aliphatic rings. The predicted molar refractivity (Wildman–Crippen MR) is 96.1 cm³/mol. The van der Waals surface area contributed by atoms with Gasteiger partial charge in [-0.3, -0.25) is 9.69 Å². The Hall–Kier alpha value is -2.20. The molecule has 2 heterocycles. The molecule has 25 heavy (non-hydrogen) atoms. The minimum Gasteiger partial charge on any atom is -0.335 e. The van der Waals surface area contributed by atoms with Crippen molar-refractivity contribution in [3.63, 3.8) is 0 Å². The van der Waals surface area contributed by atoms with E-state index in [-0.39, 0.29) is 23.2 Å². The number of fused-ring (bicyclic) bond motifs is 3. The van der Waals surface area contributed by atoms with Gasteiger partial charge < -0.3 is 4.90 Å². The second-order valence-corrected chi connectivity index (χ2v) is 7.72. The Balaban J connectivity index is 1.62. The normalized spacial score (nSPS) is 22.2. The van der Waals surface area contributed by atoms with Gasteiger partial charge in [0.1, 0.15) is 5.82 Å². The summed E-state index contributed by atoms with van der Waals surface area (Å²) in [5.74, 6) is -0.327. The van der Waals surface area contributed by atoms with Gasteiger partial charge in [-0.2, -0.15) is 0 Å². The molecule has 0 radical (unpaired) electrons. The fraction of sp³-hybridized carbons (Fsp3) is 0.381. The topological polar surface area (TPSA) is 23.6 Å². The largest absolute Gasteiger partial charge is 0.335 e. The number of benzene rings is 2. The third-order valence-electron chi connectivity index (χ3n) is 5.52. The molecule has 0 spiro atoms. The maximum absolute atomic E-state index is 13.1. The fourth-order valence-electron chi connectivity index (χ4n) is 4.26. The number of carbonyl (C=O) groups excluding carboxylic acids is 1. The Kier molecular flexibility index (Phi) is 3.88. The Bertz CT molecular complexity index is 800. The quantitative estimate of drug-likeness (QED) is 0.793. The van der Waals surface area contributed by atoms with E-state index in [1.807, 2.05) is 4.90 Å². The smallest absolute Gasteiger partial charge is 0.253 e. The molecule has 1 fully saturated rings. The van der Waals surface area contributed by atoms with Crippen LogP contribution in [0.1, 0.15) is 41.4 Å². The lowest BCUT2D eigenvalue weighted by atomic mass is 9.75. The summed E-state index contributed by atoms with van der Waals surface area (Å²) in [5.41, 5.74) is 3.39. The molecule has 1 unspecified atom stereocenters. The van der Waals surface area contributed by atoms with Crippen LogP contribution in [0.5, 0.6) is 0 Å². The summed E-state index contributed by atoms with van der Waals surface area (Å²) in [4.78, 5) is 17.2. The van der Waals surface area contributed by atoms with Gasteiger partial charge in [0.05, 0.1) is 6.04 Å². The van der Waals surface area contributed by atoms with Crippen molar-refractivity contribution in [3.05, 3.63) is 71.0 Å². The first-order chi connectivity index (χ1) is 12.0. The maximum Gasteiger partial charge on any atom is 0.253 e. The lowest BCUT2D eigenvalue weighted by molar-refractivity contribution is 0.0359. The molecule has 0 bridgehead atoms. The summed E-state index contributed by atoms with van der Waals surface area (Å²) in [5, 5.41) is 0. The molecule has 0 N–H and O–H groups in total. The number of hydrogen-bond acceptors (Lipinski definition) is 2. The van der Waals surface area contributed by atoms with Crippen molar-refractivity contribution >= 4 is 5.91 Å². The van der Waals surface area contributed by atoms with Gasteiger partial charge in [0.25, 0.3) is 5.91 Å². The summed E-state index contributed by atoms with van der Waals surface area (Å²) >= 11 is 0. The van der Waals surface area contributed by atoms with Crippen LogP contribution in [0.2, 0.25) is 0 Å². The minimum atomic E-state index is -0.315. The number of halogens is 1. The Labute approximate surface area is 148 Å². The predicted octanol–water partition coefficient (Wildman–Crippen LogP) is 3.62. The Morgan fingerprint density at radius 3 is 2.56 bits per heavy atom. The average Bonchev–Trinajstić information content (AvgIpc) is 2.61. The SMILES string of the molecule is CC1(C)CN2CCN(C(=O)c3ccc(F)cc3)CC2c2ccccc21. The van der Waals surface area contributed by atoms with E-state index < -0.39 is 0 Å². The molecule has 4 rings (SSSR count). The molecular formula is C21H23FN2O. The third-order valence-corrected chi connectivity index (χ3v) is 5.52. The fourth-order valence-corrected chi connectivity index (χ4v) is 4.26. The van der Waals surface area contributed by atoms with Crippen LogP contribution in [-0.2, 0) is 5.41 Å². The number of amides is 1. The van der Waals surface area contributed by atoms with Crippen molar-refractivity contribution < 1.29 is 9.18 Å². The van der Waals surface area contributed by atoms with E-state index in [1.54, 1.807) is 12.1 Å². The summed E-state index contributed by atoms with van der Waals surface area (Å²) in [6.45, 7) is 7.85. The van der Waals surface area contributed by atoms with Gasteiger partial charge in [-0.15, -0.1) is 0 Å². The monoisotopic (exact) mass is 338 g/mol. The molecule has 2 aromatic carbocycles. The minimum absolute atomic E-state index is 0.0121. The maximum atomic E-state index is 13.1. The van der Waals surface area contributed by atoms with Crippen molar-refractivity contribution in [3.8, 4) is 0 Å².